The molecule has 0 bridgehead atoms. The number of hydrogen-bond donors (Lipinski definition) is 1. The number of methoxy groups -OCH3 is 1. The Bertz CT molecular complexity index is 1250. The SMILES string of the molecule is COC(=O)Cc1cc(Cl)cc(-c2ccc(C(F)(F)F)cc2CNCCC(=O)OCc2ccc(Cl)cc2)c1. The fourth-order valence-electron chi connectivity index (χ4n) is 3.57. The Labute approximate surface area is 222 Å². The Morgan fingerprint density at radius 1 is 0.892 bits per heavy atom. The molecular formula is C27H24Cl2F3NO4. The highest BCUT2D eigenvalue weighted by Gasteiger charge is 2.31. The number of halogens is 5. The van der Waals surface area contributed by atoms with Gasteiger partial charge in [-0.25, -0.2) is 0 Å². The van der Waals surface area contributed by atoms with E-state index in [0.717, 1.165) is 17.7 Å². The van der Waals surface area contributed by atoms with Crippen LogP contribution in [0, 0.1) is 0 Å². The zero-order valence-electron chi connectivity index (χ0n) is 19.8. The summed E-state index contributed by atoms with van der Waals surface area (Å²) < 4.78 is 50.1. The Balaban J connectivity index is 1.70. The molecule has 3 rings (SSSR count). The lowest BCUT2D eigenvalue weighted by molar-refractivity contribution is -0.145. The molecule has 0 unspecified atom stereocenters. The molecule has 5 nitrogen and oxygen atoms in total. The zero-order valence-corrected chi connectivity index (χ0v) is 21.3. The van der Waals surface area contributed by atoms with E-state index in [0.29, 0.717) is 32.3 Å². The van der Waals surface area contributed by atoms with E-state index in [1.807, 2.05) is 0 Å². The van der Waals surface area contributed by atoms with E-state index >= 15 is 0 Å². The summed E-state index contributed by atoms with van der Waals surface area (Å²) in [5.41, 5.74) is 1.98. The maximum atomic E-state index is 13.4. The molecule has 0 radical (unpaired) electrons. The molecule has 196 valence electrons. The summed E-state index contributed by atoms with van der Waals surface area (Å²) in [6.07, 6.45) is -4.53. The lowest BCUT2D eigenvalue weighted by Gasteiger charge is -2.16. The second kappa shape index (κ2) is 12.9. The molecule has 0 amide bonds. The van der Waals surface area contributed by atoms with Gasteiger partial charge in [0.2, 0.25) is 0 Å². The molecule has 1 N–H and O–H groups in total. The van der Waals surface area contributed by atoms with Crippen molar-refractivity contribution in [3.05, 3.63) is 93.0 Å². The summed E-state index contributed by atoms with van der Waals surface area (Å²) in [5, 5.41) is 3.91. The first kappa shape index (κ1) is 28.5. The standard InChI is InChI=1S/C27H24Cl2F3NO4/c1-36-26(35)12-18-10-19(14-23(29)11-18)24-7-4-21(27(30,31)32)13-20(24)15-33-9-8-25(34)37-16-17-2-5-22(28)6-3-17/h2-7,10-11,13-14,33H,8-9,12,15-16H2,1H3. The van der Waals surface area contributed by atoms with Crippen molar-refractivity contribution in [1.29, 1.82) is 0 Å². The van der Waals surface area contributed by atoms with E-state index in [4.69, 9.17) is 27.9 Å². The summed E-state index contributed by atoms with van der Waals surface area (Å²) in [5.74, 6) is -0.917. The van der Waals surface area contributed by atoms with Crippen molar-refractivity contribution in [2.45, 2.75) is 32.2 Å². The lowest BCUT2D eigenvalue weighted by atomic mass is 9.95. The maximum Gasteiger partial charge on any atom is 0.416 e. The van der Waals surface area contributed by atoms with Gasteiger partial charge in [0.25, 0.3) is 0 Å². The van der Waals surface area contributed by atoms with E-state index in [1.54, 1.807) is 42.5 Å². The molecule has 0 spiro atoms. The van der Waals surface area contributed by atoms with Crippen LogP contribution in [0.3, 0.4) is 0 Å². The number of alkyl halides is 3. The molecule has 3 aromatic rings. The van der Waals surface area contributed by atoms with E-state index in [9.17, 15) is 22.8 Å². The highest BCUT2D eigenvalue weighted by atomic mass is 35.5. The Morgan fingerprint density at radius 2 is 1.62 bits per heavy atom. The van der Waals surface area contributed by atoms with Crippen molar-refractivity contribution >= 4 is 35.1 Å². The highest BCUT2D eigenvalue weighted by molar-refractivity contribution is 6.31. The molecule has 0 aromatic heterocycles. The summed E-state index contributed by atoms with van der Waals surface area (Å²) in [6, 6.07) is 15.2. The van der Waals surface area contributed by atoms with E-state index in [1.165, 1.54) is 13.2 Å². The lowest BCUT2D eigenvalue weighted by Crippen LogP contribution is -2.20. The van der Waals surface area contributed by atoms with Gasteiger partial charge in [0.05, 0.1) is 25.5 Å². The van der Waals surface area contributed by atoms with Crippen LogP contribution in [-0.2, 0) is 44.8 Å². The minimum Gasteiger partial charge on any atom is -0.469 e. The third-order valence-corrected chi connectivity index (χ3v) is 5.88. The number of rotatable bonds is 10. The Morgan fingerprint density at radius 3 is 2.30 bits per heavy atom. The van der Waals surface area contributed by atoms with E-state index < -0.39 is 23.7 Å². The number of carbonyl (C=O) groups is 2. The van der Waals surface area contributed by atoms with Gasteiger partial charge in [-0.15, -0.1) is 0 Å². The molecule has 0 atom stereocenters. The maximum absolute atomic E-state index is 13.4. The van der Waals surface area contributed by atoms with E-state index in [-0.39, 0.29) is 32.5 Å². The number of carbonyl (C=O) groups excluding carboxylic acids is 2. The van der Waals surface area contributed by atoms with Crippen LogP contribution in [0.15, 0.2) is 60.7 Å². The largest absolute Gasteiger partial charge is 0.469 e. The average molecular weight is 554 g/mol. The molecule has 0 fully saturated rings. The molecule has 0 heterocycles. The normalized spacial score (nSPS) is 11.3. The van der Waals surface area contributed by atoms with Crippen molar-refractivity contribution in [3.8, 4) is 11.1 Å². The molecule has 0 aliphatic heterocycles. The predicted octanol–water partition coefficient (Wildman–Crippen LogP) is 6.62. The van der Waals surface area contributed by atoms with Crippen LogP contribution < -0.4 is 5.32 Å². The first-order valence-electron chi connectivity index (χ1n) is 11.2. The van der Waals surface area contributed by atoms with Crippen molar-refractivity contribution in [1.82, 2.24) is 5.32 Å². The van der Waals surface area contributed by atoms with Crippen LogP contribution in [0.4, 0.5) is 13.2 Å². The number of benzene rings is 3. The van der Waals surface area contributed by atoms with Gasteiger partial charge in [0.1, 0.15) is 6.61 Å². The topological polar surface area (TPSA) is 64.6 Å². The summed E-state index contributed by atoms with van der Waals surface area (Å²) in [6.45, 7) is 0.345. The molecule has 37 heavy (non-hydrogen) atoms. The van der Waals surface area contributed by atoms with Gasteiger partial charge in [-0.05, 0) is 64.2 Å². The molecule has 0 saturated heterocycles. The Hall–Kier alpha value is -3.07. The number of hydrogen-bond acceptors (Lipinski definition) is 5. The van der Waals surface area contributed by atoms with Gasteiger partial charge in [0, 0.05) is 23.1 Å². The minimum atomic E-state index is -4.52. The molecule has 0 aliphatic carbocycles. The van der Waals surface area contributed by atoms with E-state index in [2.05, 4.69) is 10.1 Å². The first-order chi connectivity index (χ1) is 17.5. The zero-order chi connectivity index (χ0) is 27.0. The quantitative estimate of drug-likeness (QED) is 0.226. The fraction of sp³-hybridized carbons (Fsp3) is 0.259. The van der Waals surface area contributed by atoms with Crippen molar-refractivity contribution < 1.29 is 32.2 Å². The molecule has 3 aromatic carbocycles. The van der Waals surface area contributed by atoms with Crippen LogP contribution in [-0.4, -0.2) is 25.6 Å². The van der Waals surface area contributed by atoms with Gasteiger partial charge >= 0.3 is 18.1 Å². The predicted molar refractivity (Wildman–Crippen MR) is 135 cm³/mol. The molecular weight excluding hydrogens is 530 g/mol. The second-order valence-corrected chi connectivity index (χ2v) is 9.06. The van der Waals surface area contributed by atoms with Gasteiger partial charge < -0.3 is 14.8 Å². The first-order valence-corrected chi connectivity index (χ1v) is 12.0. The second-order valence-electron chi connectivity index (χ2n) is 8.18. The van der Waals surface area contributed by atoms with Crippen molar-refractivity contribution in [2.24, 2.45) is 0 Å². The van der Waals surface area contributed by atoms with Crippen LogP contribution in [0.5, 0.6) is 0 Å². The van der Waals surface area contributed by atoms with Gasteiger partial charge in [-0.2, -0.15) is 13.2 Å². The van der Waals surface area contributed by atoms with Crippen LogP contribution >= 0.6 is 23.2 Å². The number of ether oxygens (including phenoxy) is 2. The summed E-state index contributed by atoms with van der Waals surface area (Å²) >= 11 is 12.1. The average Bonchev–Trinajstić information content (AvgIpc) is 2.85. The minimum absolute atomic E-state index is 0.0301. The van der Waals surface area contributed by atoms with Gasteiger partial charge in [-0.3, -0.25) is 9.59 Å². The smallest absolute Gasteiger partial charge is 0.416 e. The van der Waals surface area contributed by atoms with Crippen molar-refractivity contribution in [3.63, 3.8) is 0 Å². The summed E-state index contributed by atoms with van der Waals surface area (Å²) in [7, 11) is 1.26. The molecule has 0 aliphatic rings. The van der Waals surface area contributed by atoms with Gasteiger partial charge in [-0.1, -0.05) is 47.5 Å². The Kier molecular flexibility index (Phi) is 9.97. The number of esters is 2. The molecule has 10 heteroatoms. The van der Waals surface area contributed by atoms with Gasteiger partial charge in [0.15, 0.2) is 0 Å². The number of nitrogens with one attached hydrogen (secondary N) is 1. The molecule has 0 saturated carbocycles. The van der Waals surface area contributed by atoms with Crippen LogP contribution in [0.1, 0.15) is 28.7 Å². The third-order valence-electron chi connectivity index (χ3n) is 5.41. The van der Waals surface area contributed by atoms with Crippen LogP contribution in [0.2, 0.25) is 10.0 Å². The summed E-state index contributed by atoms with van der Waals surface area (Å²) in [4.78, 5) is 23.8. The van der Waals surface area contributed by atoms with Crippen LogP contribution in [0.25, 0.3) is 11.1 Å². The van der Waals surface area contributed by atoms with Crippen molar-refractivity contribution in [2.75, 3.05) is 13.7 Å². The highest BCUT2D eigenvalue weighted by Crippen LogP contribution is 2.34. The fourth-order valence-corrected chi connectivity index (χ4v) is 3.96. The third kappa shape index (κ3) is 8.77. The monoisotopic (exact) mass is 553 g/mol.